The van der Waals surface area contributed by atoms with Gasteiger partial charge < -0.3 is 20.5 Å². The molecule has 0 saturated heterocycles. The third-order valence-electron chi connectivity index (χ3n) is 8.78. The highest BCUT2D eigenvalue weighted by atomic mass is 19.1. The number of pyridine rings is 2. The van der Waals surface area contributed by atoms with Gasteiger partial charge in [-0.25, -0.2) is 4.39 Å². The van der Waals surface area contributed by atoms with E-state index < -0.39 is 0 Å². The van der Waals surface area contributed by atoms with E-state index in [0.29, 0.717) is 12.2 Å². The Labute approximate surface area is 266 Å². The van der Waals surface area contributed by atoms with Crippen LogP contribution in [0, 0.1) is 11.7 Å². The fraction of sp³-hybridized carbons (Fsp3) is 0.278. The zero-order chi connectivity index (χ0) is 31.6. The van der Waals surface area contributed by atoms with Crippen LogP contribution in [0.15, 0.2) is 73.3 Å². The summed E-state index contributed by atoms with van der Waals surface area (Å²) in [6, 6.07) is 15.1. The summed E-state index contributed by atoms with van der Waals surface area (Å²) in [5.74, 6) is -0.161. The number of fused-ring (bicyclic) bond motifs is 2. The largest absolute Gasteiger partial charge is 0.384 e. The smallest absolute Gasteiger partial charge is 0.227 e. The Morgan fingerprint density at radius 2 is 1.70 bits per heavy atom. The van der Waals surface area contributed by atoms with Crippen LogP contribution in [0.1, 0.15) is 32.1 Å². The standard InChI is InChI=1S/C36H37FN8O/c1-45(2)11-10-40-27-13-24(12-26(37)16-27)31-20-39-21-34-29(31)17-33(42-34)35-30-15-23(8-9-32(30)43-44-35)25-14-28(19-38-18-25)41-36(46)22-6-4-3-5-7-22/h8-9,12-22,40,42H,3-7,10-11H2,1-2H3,(H,41,46)(H,43,44). The number of hydrogen-bond acceptors (Lipinski definition) is 6. The molecule has 0 radical (unpaired) electrons. The number of nitrogens with zero attached hydrogens (tertiary/aromatic N) is 4. The highest BCUT2D eigenvalue weighted by Crippen LogP contribution is 2.36. The molecule has 9 nitrogen and oxygen atoms in total. The van der Waals surface area contributed by atoms with E-state index in [-0.39, 0.29) is 17.6 Å². The Hall–Kier alpha value is -5.09. The Bertz CT molecular complexity index is 2020. The van der Waals surface area contributed by atoms with E-state index in [4.69, 9.17) is 0 Å². The maximum atomic E-state index is 14.7. The van der Waals surface area contributed by atoms with Gasteiger partial charge in [-0.3, -0.25) is 19.9 Å². The second kappa shape index (κ2) is 12.7. The molecule has 4 heterocycles. The van der Waals surface area contributed by atoms with Crippen LogP contribution < -0.4 is 10.6 Å². The molecule has 0 spiro atoms. The van der Waals surface area contributed by atoms with Gasteiger partial charge in [-0.15, -0.1) is 0 Å². The number of likely N-dealkylation sites (N-methyl/N-ethyl adjacent to an activating group) is 1. The van der Waals surface area contributed by atoms with Crippen molar-refractivity contribution in [1.82, 2.24) is 30.0 Å². The number of aromatic nitrogens is 5. The first-order chi connectivity index (χ1) is 22.4. The molecular weight excluding hydrogens is 579 g/mol. The Morgan fingerprint density at radius 1 is 0.870 bits per heavy atom. The lowest BCUT2D eigenvalue weighted by Gasteiger charge is -2.20. The molecule has 4 aromatic heterocycles. The molecule has 0 atom stereocenters. The van der Waals surface area contributed by atoms with Crippen LogP contribution in [0.25, 0.3) is 55.4 Å². The lowest BCUT2D eigenvalue weighted by Crippen LogP contribution is -2.24. The van der Waals surface area contributed by atoms with E-state index in [1.54, 1.807) is 24.8 Å². The first-order valence-corrected chi connectivity index (χ1v) is 15.8. The summed E-state index contributed by atoms with van der Waals surface area (Å²) >= 11 is 0. The predicted molar refractivity (Wildman–Crippen MR) is 182 cm³/mol. The highest BCUT2D eigenvalue weighted by Gasteiger charge is 2.21. The van der Waals surface area contributed by atoms with E-state index in [0.717, 1.165) is 93.4 Å². The quantitative estimate of drug-likeness (QED) is 0.134. The molecule has 2 aromatic carbocycles. The molecule has 0 bridgehead atoms. The second-order valence-electron chi connectivity index (χ2n) is 12.4. The zero-order valence-electron chi connectivity index (χ0n) is 26.0. The summed E-state index contributed by atoms with van der Waals surface area (Å²) in [6.07, 6.45) is 12.4. The summed E-state index contributed by atoms with van der Waals surface area (Å²) in [7, 11) is 4.01. The molecule has 6 aromatic rings. The van der Waals surface area contributed by atoms with Crippen molar-refractivity contribution in [3.8, 4) is 33.6 Å². The van der Waals surface area contributed by atoms with E-state index in [2.05, 4.69) is 46.7 Å². The number of carbonyl (C=O) groups excluding carboxylic acids is 1. The number of halogens is 1. The van der Waals surface area contributed by atoms with Gasteiger partial charge in [-0.1, -0.05) is 25.3 Å². The van der Waals surface area contributed by atoms with Crippen molar-refractivity contribution in [2.24, 2.45) is 5.92 Å². The van der Waals surface area contributed by atoms with Crippen LogP contribution in [0.5, 0.6) is 0 Å². The van der Waals surface area contributed by atoms with Crippen LogP contribution in [0.3, 0.4) is 0 Å². The summed E-state index contributed by atoms with van der Waals surface area (Å²) < 4.78 is 14.7. The van der Waals surface area contributed by atoms with Gasteiger partial charge >= 0.3 is 0 Å². The number of hydrogen-bond donors (Lipinski definition) is 4. The Balaban J connectivity index is 1.19. The minimum absolute atomic E-state index is 0.0713. The molecule has 0 aliphatic heterocycles. The molecule has 1 saturated carbocycles. The summed E-state index contributed by atoms with van der Waals surface area (Å²) in [4.78, 5) is 27.3. The van der Waals surface area contributed by atoms with Gasteiger partial charge in [0.05, 0.1) is 34.8 Å². The molecule has 1 aliphatic carbocycles. The molecule has 46 heavy (non-hydrogen) atoms. The number of nitrogens with one attached hydrogen (secondary N) is 4. The predicted octanol–water partition coefficient (Wildman–Crippen LogP) is 7.47. The fourth-order valence-electron chi connectivity index (χ4n) is 6.35. The molecule has 1 fully saturated rings. The fourth-order valence-corrected chi connectivity index (χ4v) is 6.35. The maximum Gasteiger partial charge on any atom is 0.227 e. The third-order valence-corrected chi connectivity index (χ3v) is 8.78. The van der Waals surface area contributed by atoms with Crippen molar-refractivity contribution in [2.75, 3.05) is 37.8 Å². The average Bonchev–Trinajstić information content (AvgIpc) is 3.69. The first kappa shape index (κ1) is 29.6. The SMILES string of the molecule is CN(C)CCNc1cc(F)cc(-c2cncc3[nH]c(-c4n[nH]c5ccc(-c6cncc(NC(=O)C7CCCCC7)c6)cc45)cc23)c1. The Kier molecular flexibility index (Phi) is 8.19. The Morgan fingerprint density at radius 3 is 2.54 bits per heavy atom. The van der Waals surface area contributed by atoms with Crippen molar-refractivity contribution in [2.45, 2.75) is 32.1 Å². The first-order valence-electron chi connectivity index (χ1n) is 15.8. The molecule has 4 N–H and O–H groups in total. The number of amides is 1. The summed E-state index contributed by atoms with van der Waals surface area (Å²) in [5.41, 5.74) is 8.16. The number of rotatable bonds is 9. The minimum Gasteiger partial charge on any atom is -0.384 e. The molecule has 1 amide bonds. The van der Waals surface area contributed by atoms with Crippen LogP contribution in [0.2, 0.25) is 0 Å². The van der Waals surface area contributed by atoms with Crippen molar-refractivity contribution in [1.29, 1.82) is 0 Å². The number of carbonyl (C=O) groups is 1. The number of aromatic amines is 2. The molecule has 7 rings (SSSR count). The monoisotopic (exact) mass is 616 g/mol. The molecule has 1 aliphatic rings. The van der Waals surface area contributed by atoms with Gasteiger partial charge in [-0.2, -0.15) is 5.10 Å². The van der Waals surface area contributed by atoms with Gasteiger partial charge in [-0.05, 0) is 80.5 Å². The van der Waals surface area contributed by atoms with E-state index in [1.807, 2.05) is 44.4 Å². The van der Waals surface area contributed by atoms with Crippen molar-refractivity contribution in [3.63, 3.8) is 0 Å². The van der Waals surface area contributed by atoms with Gasteiger partial charge in [0.25, 0.3) is 0 Å². The lowest BCUT2D eigenvalue weighted by molar-refractivity contribution is -0.120. The van der Waals surface area contributed by atoms with Crippen molar-refractivity contribution in [3.05, 3.63) is 79.1 Å². The van der Waals surface area contributed by atoms with Crippen LogP contribution in [-0.2, 0) is 4.79 Å². The van der Waals surface area contributed by atoms with Crippen LogP contribution in [0.4, 0.5) is 15.8 Å². The lowest BCUT2D eigenvalue weighted by atomic mass is 9.88. The molecule has 10 heteroatoms. The highest BCUT2D eigenvalue weighted by molar-refractivity contribution is 6.02. The normalized spacial score (nSPS) is 13.9. The van der Waals surface area contributed by atoms with E-state index >= 15 is 0 Å². The summed E-state index contributed by atoms with van der Waals surface area (Å²) in [5, 5.41) is 16.1. The molecular formula is C36H37FN8O. The van der Waals surface area contributed by atoms with Gasteiger partial charge in [0, 0.05) is 59.0 Å². The average molecular weight is 617 g/mol. The van der Waals surface area contributed by atoms with Gasteiger partial charge in [0.2, 0.25) is 5.91 Å². The second-order valence-corrected chi connectivity index (χ2v) is 12.4. The third kappa shape index (κ3) is 6.21. The number of anilines is 2. The molecule has 0 unspecified atom stereocenters. The summed E-state index contributed by atoms with van der Waals surface area (Å²) in [6.45, 7) is 1.54. The van der Waals surface area contributed by atoms with E-state index in [9.17, 15) is 9.18 Å². The van der Waals surface area contributed by atoms with Crippen LogP contribution in [-0.4, -0.2) is 63.1 Å². The van der Waals surface area contributed by atoms with Crippen molar-refractivity contribution < 1.29 is 9.18 Å². The van der Waals surface area contributed by atoms with Crippen molar-refractivity contribution >= 4 is 39.1 Å². The maximum absolute atomic E-state index is 14.7. The topological polar surface area (TPSA) is 115 Å². The zero-order valence-corrected chi connectivity index (χ0v) is 26.0. The van der Waals surface area contributed by atoms with E-state index in [1.165, 1.54) is 18.6 Å². The van der Waals surface area contributed by atoms with Gasteiger partial charge in [0.1, 0.15) is 11.5 Å². The number of H-pyrrole nitrogens is 2. The van der Waals surface area contributed by atoms with Gasteiger partial charge in [0.15, 0.2) is 0 Å². The minimum atomic E-state index is -0.310. The van der Waals surface area contributed by atoms with Crippen LogP contribution >= 0.6 is 0 Å². The molecule has 234 valence electrons. The number of benzene rings is 2.